The summed E-state index contributed by atoms with van der Waals surface area (Å²) < 4.78 is 13.8. The molecule has 1 aromatic rings. The fraction of sp³-hybridized carbons (Fsp3) is 0.871. The van der Waals surface area contributed by atoms with Crippen molar-refractivity contribution in [2.75, 3.05) is 0 Å². The molecule has 0 spiro atoms. The number of benzene rings is 1. The highest BCUT2D eigenvalue weighted by atomic mass is 16.5. The van der Waals surface area contributed by atoms with Crippen molar-refractivity contribution < 1.29 is 9.47 Å². The largest absolute Gasteiger partial charge is 0.490 e. The van der Waals surface area contributed by atoms with Crippen molar-refractivity contribution in [3.63, 3.8) is 0 Å². The molecule has 0 aromatic heterocycles. The molecule has 9 rings (SSSR count). The zero-order valence-corrected chi connectivity index (χ0v) is 43.5. The highest BCUT2D eigenvalue weighted by Gasteiger charge is 2.62. The third-order valence-electron chi connectivity index (χ3n) is 23.4. The van der Waals surface area contributed by atoms with E-state index in [9.17, 15) is 0 Å². The number of hydrogen-bond acceptors (Lipinski definition) is 2. The lowest BCUT2D eigenvalue weighted by Gasteiger charge is -2.61. The molecule has 64 heavy (non-hydrogen) atoms. The fourth-order valence-electron chi connectivity index (χ4n) is 19.9. The Morgan fingerprint density at radius 1 is 0.547 bits per heavy atom. The van der Waals surface area contributed by atoms with E-state index < -0.39 is 0 Å². The van der Waals surface area contributed by atoms with Gasteiger partial charge in [0.15, 0.2) is 0 Å². The van der Waals surface area contributed by atoms with Crippen LogP contribution in [0, 0.1) is 105 Å². The van der Waals surface area contributed by atoms with E-state index in [1.54, 1.807) is 0 Å². The first-order chi connectivity index (χ1) is 30.5. The van der Waals surface area contributed by atoms with E-state index in [1.165, 1.54) is 154 Å². The monoisotopic (exact) mass is 877 g/mol. The van der Waals surface area contributed by atoms with E-state index in [1.807, 2.05) is 0 Å². The van der Waals surface area contributed by atoms with Crippen molar-refractivity contribution in [2.45, 2.75) is 236 Å². The van der Waals surface area contributed by atoms with Crippen LogP contribution in [0.3, 0.4) is 0 Å². The summed E-state index contributed by atoms with van der Waals surface area (Å²) in [5.74, 6) is 14.5. The summed E-state index contributed by atoms with van der Waals surface area (Å²) in [6.45, 7) is 30.4. The summed E-state index contributed by atoms with van der Waals surface area (Å²) in [6, 6.07) is 8.85. The van der Waals surface area contributed by atoms with Crippen molar-refractivity contribution >= 4 is 5.76 Å². The Morgan fingerprint density at radius 3 is 1.53 bits per heavy atom. The predicted molar refractivity (Wildman–Crippen MR) is 271 cm³/mol. The topological polar surface area (TPSA) is 18.5 Å². The molecular formula is C62H100O2. The van der Waals surface area contributed by atoms with Crippen molar-refractivity contribution in [3.8, 4) is 5.75 Å². The molecule has 0 bridgehead atoms. The fourth-order valence-corrected chi connectivity index (χ4v) is 19.9. The van der Waals surface area contributed by atoms with Crippen LogP contribution in [0.1, 0.15) is 229 Å². The molecule has 8 aliphatic rings. The van der Waals surface area contributed by atoms with Crippen LogP contribution in [0.25, 0.3) is 5.76 Å². The van der Waals surface area contributed by atoms with Gasteiger partial charge in [-0.05, 0) is 232 Å². The van der Waals surface area contributed by atoms with Gasteiger partial charge in [0.05, 0.1) is 12.2 Å². The average molecular weight is 877 g/mol. The normalized spacial score (nSPS) is 44.8. The van der Waals surface area contributed by atoms with Crippen molar-refractivity contribution in [3.05, 3.63) is 36.4 Å². The van der Waals surface area contributed by atoms with Crippen molar-refractivity contribution in [2.24, 2.45) is 105 Å². The van der Waals surface area contributed by atoms with Gasteiger partial charge < -0.3 is 9.47 Å². The molecule has 0 heterocycles. The first-order valence-electron chi connectivity index (χ1n) is 28.7. The van der Waals surface area contributed by atoms with E-state index in [-0.39, 0.29) is 0 Å². The zero-order valence-electron chi connectivity index (χ0n) is 43.5. The maximum atomic E-state index is 6.96. The van der Waals surface area contributed by atoms with Gasteiger partial charge in [0.2, 0.25) is 0 Å². The molecule has 18 atom stereocenters. The molecule has 0 saturated heterocycles. The summed E-state index contributed by atoms with van der Waals surface area (Å²) >= 11 is 0. The van der Waals surface area contributed by atoms with E-state index in [0.29, 0.717) is 33.9 Å². The van der Waals surface area contributed by atoms with Crippen LogP contribution in [0.15, 0.2) is 30.8 Å². The van der Waals surface area contributed by atoms with Gasteiger partial charge in [-0.3, -0.25) is 0 Å². The van der Waals surface area contributed by atoms with Crippen molar-refractivity contribution in [1.29, 1.82) is 0 Å². The number of fused-ring (bicyclic) bond motifs is 10. The molecule has 0 radical (unpaired) electrons. The molecule has 2 heteroatoms. The van der Waals surface area contributed by atoms with E-state index in [0.717, 1.165) is 99.9 Å². The molecule has 8 saturated carbocycles. The van der Waals surface area contributed by atoms with E-state index in [4.69, 9.17) is 9.47 Å². The first-order valence-corrected chi connectivity index (χ1v) is 28.7. The standard InChI is InChI=1S/C62H100O2/c1-40(2)15-12-17-42(5)53-25-27-55-51-23-21-46-38-49(29-33-59(46,8)57(51)31-35-61(53,55)10)63-44(7)45-19-14-20-48(37-45)64-50-30-34-60(9)47(39-50)22-24-52-56-28-26-54(43(6)18-13-16-41(3)4)62(56,11)36-32-58(52)60/h14,19-20,37,40-43,46-47,49-58H,7,12-13,15-18,21-36,38-39H2,1-6,8-11H3/t42-,43-,46?,47?,49?,50?,51?,52?,53-,54-,55?,56?,57?,58?,59+,60+,61-,62-/m1/s1. The van der Waals surface area contributed by atoms with Gasteiger partial charge in [0.25, 0.3) is 0 Å². The molecule has 360 valence electrons. The minimum atomic E-state index is 0.292. The Labute approximate surface area is 395 Å². The molecule has 8 fully saturated rings. The maximum absolute atomic E-state index is 6.96. The predicted octanol–water partition coefficient (Wildman–Crippen LogP) is 18.0. The van der Waals surface area contributed by atoms with Crippen LogP contribution in [-0.2, 0) is 4.74 Å². The molecular weight excluding hydrogens is 777 g/mol. The van der Waals surface area contributed by atoms with Gasteiger partial charge in [-0.2, -0.15) is 0 Å². The minimum Gasteiger partial charge on any atom is -0.490 e. The lowest BCUT2D eigenvalue weighted by molar-refractivity contribution is -0.128. The van der Waals surface area contributed by atoms with Crippen LogP contribution >= 0.6 is 0 Å². The van der Waals surface area contributed by atoms with Crippen LogP contribution in [0.4, 0.5) is 0 Å². The van der Waals surface area contributed by atoms with Crippen LogP contribution in [0.2, 0.25) is 0 Å². The third-order valence-corrected chi connectivity index (χ3v) is 23.4. The second-order valence-electron chi connectivity index (χ2n) is 27.4. The molecule has 2 nitrogen and oxygen atoms in total. The molecule has 0 N–H and O–H groups in total. The highest BCUT2D eigenvalue weighted by molar-refractivity contribution is 5.59. The molecule has 1 aromatic carbocycles. The molecule has 8 aliphatic carbocycles. The second kappa shape index (κ2) is 18.8. The lowest BCUT2D eigenvalue weighted by atomic mass is 9.44. The SMILES string of the molecule is C=C(OC1CC[C@@]2(C)C(CCC3C2CC[C@@]2(C)C3CC[C@@H]2[C@H](C)CCCC(C)C)C1)c1cccc(OC2CC[C@@]3(C)C(CCC4C3CC[C@@]3(C)C4CC[C@@H]3[C@H](C)CCCC(C)C)C2)c1. The summed E-state index contributed by atoms with van der Waals surface area (Å²) in [4.78, 5) is 0. The van der Waals surface area contributed by atoms with Gasteiger partial charge in [-0.25, -0.2) is 0 Å². The summed E-state index contributed by atoms with van der Waals surface area (Å²) in [6.07, 6.45) is 34.4. The highest BCUT2D eigenvalue weighted by Crippen LogP contribution is 2.70. The zero-order chi connectivity index (χ0) is 45.2. The Morgan fingerprint density at radius 2 is 1.02 bits per heavy atom. The Bertz CT molecular complexity index is 1740. The molecule has 0 aliphatic heterocycles. The summed E-state index contributed by atoms with van der Waals surface area (Å²) in [7, 11) is 0. The third kappa shape index (κ3) is 8.76. The van der Waals surface area contributed by atoms with Gasteiger partial charge in [0, 0.05) is 5.56 Å². The van der Waals surface area contributed by atoms with Crippen LogP contribution < -0.4 is 4.74 Å². The van der Waals surface area contributed by atoms with Gasteiger partial charge in [-0.15, -0.1) is 0 Å². The first kappa shape index (κ1) is 47.6. The lowest BCUT2D eigenvalue weighted by Crippen LogP contribution is -2.54. The summed E-state index contributed by atoms with van der Waals surface area (Å²) in [5, 5.41) is 0. The second-order valence-corrected chi connectivity index (χ2v) is 27.4. The van der Waals surface area contributed by atoms with Gasteiger partial charge >= 0.3 is 0 Å². The minimum absolute atomic E-state index is 0.292. The van der Waals surface area contributed by atoms with Crippen molar-refractivity contribution in [1.82, 2.24) is 0 Å². The van der Waals surface area contributed by atoms with Crippen LogP contribution in [-0.4, -0.2) is 12.2 Å². The summed E-state index contributed by atoms with van der Waals surface area (Å²) in [5.41, 5.74) is 3.26. The quantitative estimate of drug-likeness (QED) is 0.163. The molecule has 10 unspecified atom stereocenters. The number of ether oxygens (including phenoxy) is 2. The van der Waals surface area contributed by atoms with Crippen LogP contribution in [0.5, 0.6) is 5.75 Å². The molecule has 0 amide bonds. The van der Waals surface area contributed by atoms with Gasteiger partial charge in [0.1, 0.15) is 11.5 Å². The number of rotatable bonds is 15. The Hall–Kier alpha value is -1.44. The average Bonchev–Trinajstić information content (AvgIpc) is 3.80. The van der Waals surface area contributed by atoms with E-state index in [2.05, 4.69) is 100 Å². The van der Waals surface area contributed by atoms with E-state index >= 15 is 0 Å². The smallest absolute Gasteiger partial charge is 0.120 e. The Kier molecular flexibility index (Phi) is 14.0. The number of hydrogen-bond donors (Lipinski definition) is 0. The van der Waals surface area contributed by atoms with Gasteiger partial charge in [-0.1, -0.05) is 126 Å². The maximum Gasteiger partial charge on any atom is 0.120 e. The Balaban J connectivity index is 0.761.